The summed E-state index contributed by atoms with van der Waals surface area (Å²) in [6.07, 6.45) is 0. The number of nitrogens with zero attached hydrogens (tertiary/aromatic N) is 1. The Labute approximate surface area is 119 Å². The van der Waals surface area contributed by atoms with E-state index in [0.717, 1.165) is 0 Å². The zero-order valence-electron chi connectivity index (χ0n) is 10.9. The lowest BCUT2D eigenvalue weighted by Crippen LogP contribution is -2.28. The normalized spacial score (nSPS) is 9.95. The van der Waals surface area contributed by atoms with Gasteiger partial charge < -0.3 is 10.6 Å². The van der Waals surface area contributed by atoms with E-state index in [0.29, 0.717) is 5.56 Å². The van der Waals surface area contributed by atoms with E-state index in [1.54, 1.807) is 18.2 Å². The van der Waals surface area contributed by atoms with Crippen LogP contribution in [0, 0.1) is 15.9 Å². The van der Waals surface area contributed by atoms with Gasteiger partial charge in [0.1, 0.15) is 11.5 Å². The van der Waals surface area contributed by atoms with Crippen LogP contribution in [0.15, 0.2) is 48.5 Å². The smallest absolute Gasteiger partial charge is 0.319 e. The molecule has 0 fully saturated rings. The first-order chi connectivity index (χ1) is 10.1. The predicted molar refractivity (Wildman–Crippen MR) is 75.4 cm³/mol. The van der Waals surface area contributed by atoms with Crippen LogP contribution in [0.2, 0.25) is 0 Å². The molecule has 0 aliphatic rings. The first kappa shape index (κ1) is 14.4. The van der Waals surface area contributed by atoms with Crippen molar-refractivity contribution in [2.45, 2.75) is 6.54 Å². The zero-order valence-corrected chi connectivity index (χ0v) is 10.9. The molecule has 2 aromatic carbocycles. The molecule has 0 aliphatic heterocycles. The fourth-order valence-corrected chi connectivity index (χ4v) is 1.69. The van der Waals surface area contributed by atoms with E-state index >= 15 is 0 Å². The number of nitrogens with one attached hydrogen (secondary N) is 2. The third-order valence-electron chi connectivity index (χ3n) is 2.72. The van der Waals surface area contributed by atoms with Crippen LogP contribution in [0.1, 0.15) is 5.56 Å². The quantitative estimate of drug-likeness (QED) is 0.670. The number of amides is 2. The molecular weight excluding hydrogens is 277 g/mol. The van der Waals surface area contributed by atoms with Gasteiger partial charge in [-0.15, -0.1) is 0 Å². The van der Waals surface area contributed by atoms with Gasteiger partial charge in [0.25, 0.3) is 5.69 Å². The zero-order chi connectivity index (χ0) is 15.2. The van der Waals surface area contributed by atoms with Crippen molar-refractivity contribution in [3.63, 3.8) is 0 Å². The number of hydrogen-bond acceptors (Lipinski definition) is 3. The van der Waals surface area contributed by atoms with Crippen LogP contribution in [0.5, 0.6) is 0 Å². The first-order valence-electron chi connectivity index (χ1n) is 6.09. The minimum atomic E-state index is -0.575. The van der Waals surface area contributed by atoms with Gasteiger partial charge in [-0.05, 0) is 23.8 Å². The second-order valence-corrected chi connectivity index (χ2v) is 4.21. The second kappa shape index (κ2) is 6.47. The Bertz CT molecular complexity index is 659. The van der Waals surface area contributed by atoms with Crippen molar-refractivity contribution in [2.75, 3.05) is 5.32 Å². The fraction of sp³-hybridized carbons (Fsp3) is 0.0714. The number of nitro groups is 1. The molecule has 7 heteroatoms. The third-order valence-corrected chi connectivity index (χ3v) is 2.72. The summed E-state index contributed by atoms with van der Waals surface area (Å²) in [4.78, 5) is 21.9. The van der Waals surface area contributed by atoms with Gasteiger partial charge in [0.15, 0.2) is 0 Å². The molecule has 0 saturated heterocycles. The monoisotopic (exact) mass is 289 g/mol. The molecule has 2 N–H and O–H groups in total. The van der Waals surface area contributed by atoms with Crippen LogP contribution in [-0.4, -0.2) is 11.0 Å². The van der Waals surface area contributed by atoms with Crippen LogP contribution in [0.4, 0.5) is 20.6 Å². The number of anilines is 1. The van der Waals surface area contributed by atoms with Gasteiger partial charge in [0.2, 0.25) is 0 Å². The number of rotatable bonds is 4. The maximum atomic E-state index is 12.7. The van der Waals surface area contributed by atoms with Crippen molar-refractivity contribution in [1.82, 2.24) is 5.32 Å². The van der Waals surface area contributed by atoms with E-state index in [-0.39, 0.29) is 23.7 Å². The van der Waals surface area contributed by atoms with Crippen molar-refractivity contribution >= 4 is 17.4 Å². The standard InChI is InChI=1S/C14H12FN3O3/c15-11-7-5-10(6-8-11)9-16-14(19)17-12-3-1-2-4-13(12)18(20)21/h1-8H,9H2,(H2,16,17,19). The molecule has 0 saturated carbocycles. The number of nitro benzene ring substituents is 1. The van der Waals surface area contributed by atoms with Crippen LogP contribution >= 0.6 is 0 Å². The molecule has 0 aliphatic carbocycles. The van der Waals surface area contributed by atoms with Crippen molar-refractivity contribution in [3.8, 4) is 0 Å². The van der Waals surface area contributed by atoms with Gasteiger partial charge in [-0.25, -0.2) is 9.18 Å². The van der Waals surface area contributed by atoms with Gasteiger partial charge in [0, 0.05) is 12.6 Å². The number of carbonyl (C=O) groups is 1. The van der Waals surface area contributed by atoms with E-state index in [1.165, 1.54) is 30.3 Å². The maximum Gasteiger partial charge on any atom is 0.319 e. The number of para-hydroxylation sites is 2. The molecule has 2 rings (SSSR count). The van der Waals surface area contributed by atoms with E-state index in [1.807, 2.05) is 0 Å². The van der Waals surface area contributed by atoms with Crippen LogP contribution in [-0.2, 0) is 6.54 Å². The molecule has 0 bridgehead atoms. The van der Waals surface area contributed by atoms with Crippen LogP contribution in [0.3, 0.4) is 0 Å². The molecule has 0 atom stereocenters. The van der Waals surface area contributed by atoms with Crippen molar-refractivity contribution in [3.05, 3.63) is 70.0 Å². The van der Waals surface area contributed by atoms with Gasteiger partial charge >= 0.3 is 6.03 Å². The first-order valence-corrected chi connectivity index (χ1v) is 6.09. The maximum absolute atomic E-state index is 12.7. The Morgan fingerprint density at radius 3 is 2.48 bits per heavy atom. The van der Waals surface area contributed by atoms with Crippen molar-refractivity contribution in [1.29, 1.82) is 0 Å². The summed E-state index contributed by atoms with van der Waals surface area (Å²) in [6, 6.07) is 10.9. The molecule has 108 valence electrons. The number of hydrogen-bond donors (Lipinski definition) is 2. The Morgan fingerprint density at radius 2 is 1.81 bits per heavy atom. The lowest BCUT2D eigenvalue weighted by Gasteiger charge is -2.08. The summed E-state index contributed by atoms with van der Waals surface area (Å²) in [7, 11) is 0. The lowest BCUT2D eigenvalue weighted by atomic mass is 10.2. The second-order valence-electron chi connectivity index (χ2n) is 4.21. The summed E-state index contributed by atoms with van der Waals surface area (Å²) in [5, 5.41) is 15.8. The highest BCUT2D eigenvalue weighted by Crippen LogP contribution is 2.22. The minimum Gasteiger partial charge on any atom is -0.334 e. The Kier molecular flexibility index (Phi) is 4.45. The number of carbonyl (C=O) groups excluding carboxylic acids is 1. The Morgan fingerprint density at radius 1 is 1.14 bits per heavy atom. The molecule has 2 aromatic rings. The molecule has 0 heterocycles. The van der Waals surface area contributed by atoms with Crippen LogP contribution in [0.25, 0.3) is 0 Å². The molecular formula is C14H12FN3O3. The van der Waals surface area contributed by atoms with Crippen molar-refractivity contribution in [2.24, 2.45) is 0 Å². The van der Waals surface area contributed by atoms with Gasteiger partial charge in [-0.1, -0.05) is 24.3 Å². The molecule has 2 amide bonds. The predicted octanol–water partition coefficient (Wildman–Crippen LogP) is 3.06. The number of halogens is 1. The topological polar surface area (TPSA) is 84.3 Å². The Hall–Kier alpha value is -2.96. The summed E-state index contributed by atoms with van der Waals surface area (Å²) in [5.74, 6) is -0.358. The van der Waals surface area contributed by atoms with E-state index in [4.69, 9.17) is 0 Å². The molecule has 0 aromatic heterocycles. The summed E-state index contributed by atoms with van der Waals surface area (Å²) in [5.41, 5.74) is 0.641. The lowest BCUT2D eigenvalue weighted by molar-refractivity contribution is -0.383. The van der Waals surface area contributed by atoms with Gasteiger partial charge in [-0.2, -0.15) is 0 Å². The highest BCUT2D eigenvalue weighted by molar-refractivity contribution is 5.91. The summed E-state index contributed by atoms with van der Waals surface area (Å²) < 4.78 is 12.7. The highest BCUT2D eigenvalue weighted by atomic mass is 19.1. The summed E-state index contributed by atoms with van der Waals surface area (Å²) in [6.45, 7) is 0.187. The average Bonchev–Trinajstić information content (AvgIpc) is 2.47. The van der Waals surface area contributed by atoms with Gasteiger partial charge in [0.05, 0.1) is 4.92 Å². The largest absolute Gasteiger partial charge is 0.334 e. The minimum absolute atomic E-state index is 0.110. The van der Waals surface area contributed by atoms with E-state index in [9.17, 15) is 19.3 Å². The highest BCUT2D eigenvalue weighted by Gasteiger charge is 2.14. The number of urea groups is 1. The molecule has 0 unspecified atom stereocenters. The van der Waals surface area contributed by atoms with Gasteiger partial charge in [-0.3, -0.25) is 10.1 Å². The summed E-state index contributed by atoms with van der Waals surface area (Å²) >= 11 is 0. The molecule has 0 radical (unpaired) electrons. The molecule has 21 heavy (non-hydrogen) atoms. The SMILES string of the molecule is O=C(NCc1ccc(F)cc1)Nc1ccccc1[N+](=O)[O-]. The van der Waals surface area contributed by atoms with E-state index < -0.39 is 11.0 Å². The molecule has 6 nitrogen and oxygen atoms in total. The fourth-order valence-electron chi connectivity index (χ4n) is 1.69. The van der Waals surface area contributed by atoms with Crippen molar-refractivity contribution < 1.29 is 14.1 Å². The average molecular weight is 289 g/mol. The van der Waals surface area contributed by atoms with E-state index in [2.05, 4.69) is 10.6 Å². The Balaban J connectivity index is 1.96. The molecule has 0 spiro atoms. The third kappa shape index (κ3) is 4.00. The number of benzene rings is 2. The van der Waals surface area contributed by atoms with Crippen LogP contribution < -0.4 is 10.6 Å².